The number of amides is 1. The molecule has 1 heterocycles. The first-order valence-electron chi connectivity index (χ1n) is 7.95. The smallest absolute Gasteiger partial charge is 0.410 e. The molecule has 5 nitrogen and oxygen atoms in total. The van der Waals surface area contributed by atoms with Crippen LogP contribution in [0.3, 0.4) is 0 Å². The maximum Gasteiger partial charge on any atom is 0.410 e. The second kappa shape index (κ2) is 5.85. The van der Waals surface area contributed by atoms with Gasteiger partial charge in [-0.05, 0) is 52.9 Å². The van der Waals surface area contributed by atoms with Crippen LogP contribution in [0, 0.1) is 5.41 Å². The molecule has 1 unspecified atom stereocenters. The maximum atomic E-state index is 12.5. The summed E-state index contributed by atoms with van der Waals surface area (Å²) in [5.41, 5.74) is -0.748. The van der Waals surface area contributed by atoms with Gasteiger partial charge < -0.3 is 14.7 Å². The summed E-state index contributed by atoms with van der Waals surface area (Å²) in [6.45, 7) is 6.27. The largest absolute Gasteiger partial charge is 0.481 e. The van der Waals surface area contributed by atoms with Gasteiger partial charge in [-0.3, -0.25) is 4.79 Å². The third kappa shape index (κ3) is 3.69. The topological polar surface area (TPSA) is 66.8 Å². The fourth-order valence-electron chi connectivity index (χ4n) is 3.67. The molecule has 120 valence electrons. The lowest BCUT2D eigenvalue weighted by atomic mass is 9.60. The number of piperidine rings is 1. The molecule has 1 saturated heterocycles. The zero-order valence-electron chi connectivity index (χ0n) is 13.4. The summed E-state index contributed by atoms with van der Waals surface area (Å²) in [7, 11) is 0. The van der Waals surface area contributed by atoms with E-state index in [1.807, 2.05) is 20.8 Å². The van der Waals surface area contributed by atoms with Crippen molar-refractivity contribution in [3.63, 3.8) is 0 Å². The standard InChI is InChI=1S/C16H27NO4/c1-15(2,3)21-14(20)17-10-5-4-7-12(17)16(8-6-9-16)11-13(18)19/h12H,4-11H2,1-3H3,(H,18,19). The lowest BCUT2D eigenvalue weighted by Gasteiger charge is -2.52. The average Bonchev–Trinajstić information content (AvgIpc) is 2.31. The van der Waals surface area contributed by atoms with Gasteiger partial charge in [0.2, 0.25) is 0 Å². The molecule has 0 radical (unpaired) electrons. The number of hydrogen-bond donors (Lipinski definition) is 1. The summed E-state index contributed by atoms with van der Waals surface area (Å²) in [6, 6.07) is 0.0194. The Morgan fingerprint density at radius 3 is 2.38 bits per heavy atom. The number of carboxylic acid groups (broad SMARTS) is 1. The zero-order chi connectivity index (χ0) is 15.7. The van der Waals surface area contributed by atoms with Gasteiger partial charge in [0.05, 0.1) is 6.42 Å². The van der Waals surface area contributed by atoms with Crippen LogP contribution in [0.15, 0.2) is 0 Å². The quantitative estimate of drug-likeness (QED) is 0.866. The number of carboxylic acids is 1. The summed E-state index contributed by atoms with van der Waals surface area (Å²) in [6.07, 6.45) is 5.68. The van der Waals surface area contributed by atoms with Gasteiger partial charge in [-0.1, -0.05) is 6.42 Å². The minimum Gasteiger partial charge on any atom is -0.481 e. The van der Waals surface area contributed by atoms with E-state index in [1.54, 1.807) is 4.90 Å². The molecule has 21 heavy (non-hydrogen) atoms. The van der Waals surface area contributed by atoms with Crippen molar-refractivity contribution >= 4 is 12.1 Å². The third-order valence-corrected chi connectivity index (χ3v) is 4.69. The van der Waals surface area contributed by atoms with E-state index < -0.39 is 11.6 Å². The summed E-state index contributed by atoms with van der Waals surface area (Å²) in [5, 5.41) is 9.22. The lowest BCUT2D eigenvalue weighted by molar-refractivity contribution is -0.144. The Kier molecular flexibility index (Phi) is 4.49. The van der Waals surface area contributed by atoms with Crippen LogP contribution >= 0.6 is 0 Å². The van der Waals surface area contributed by atoms with Crippen molar-refractivity contribution in [3.05, 3.63) is 0 Å². The molecule has 1 amide bonds. The van der Waals surface area contributed by atoms with Gasteiger partial charge in [0.15, 0.2) is 0 Å². The molecule has 0 bridgehead atoms. The highest BCUT2D eigenvalue weighted by atomic mass is 16.6. The lowest BCUT2D eigenvalue weighted by Crippen LogP contribution is -2.57. The van der Waals surface area contributed by atoms with Gasteiger partial charge in [-0.2, -0.15) is 0 Å². The van der Waals surface area contributed by atoms with E-state index in [2.05, 4.69) is 0 Å². The Balaban J connectivity index is 2.14. The first-order valence-corrected chi connectivity index (χ1v) is 7.95. The summed E-state index contributed by atoms with van der Waals surface area (Å²) >= 11 is 0. The summed E-state index contributed by atoms with van der Waals surface area (Å²) in [4.78, 5) is 25.5. The number of likely N-dealkylation sites (tertiary alicyclic amines) is 1. The molecule has 0 aromatic rings. The number of carbonyl (C=O) groups excluding carboxylic acids is 1. The number of hydrogen-bond acceptors (Lipinski definition) is 3. The Bertz CT molecular complexity index is 409. The Morgan fingerprint density at radius 2 is 1.90 bits per heavy atom. The van der Waals surface area contributed by atoms with Gasteiger partial charge in [-0.15, -0.1) is 0 Å². The molecule has 0 aromatic heterocycles. The minimum atomic E-state index is -0.760. The highest BCUT2D eigenvalue weighted by molar-refractivity contribution is 5.70. The van der Waals surface area contributed by atoms with E-state index >= 15 is 0 Å². The fourth-order valence-corrected chi connectivity index (χ4v) is 3.67. The van der Waals surface area contributed by atoms with Crippen molar-refractivity contribution in [1.82, 2.24) is 4.90 Å². The molecule has 1 N–H and O–H groups in total. The fraction of sp³-hybridized carbons (Fsp3) is 0.875. The normalized spacial score (nSPS) is 25.1. The van der Waals surface area contributed by atoms with Crippen molar-refractivity contribution in [3.8, 4) is 0 Å². The van der Waals surface area contributed by atoms with E-state index in [0.717, 1.165) is 38.5 Å². The van der Waals surface area contributed by atoms with Gasteiger partial charge in [-0.25, -0.2) is 4.79 Å². The molecule has 0 aromatic carbocycles. The van der Waals surface area contributed by atoms with E-state index in [0.29, 0.717) is 6.54 Å². The first kappa shape index (κ1) is 16.1. The molecule has 2 rings (SSSR count). The van der Waals surface area contributed by atoms with Crippen molar-refractivity contribution in [2.24, 2.45) is 5.41 Å². The van der Waals surface area contributed by atoms with Gasteiger partial charge in [0, 0.05) is 18.0 Å². The highest BCUT2D eigenvalue weighted by Gasteiger charge is 2.50. The molecular formula is C16H27NO4. The van der Waals surface area contributed by atoms with E-state index in [-0.39, 0.29) is 24.0 Å². The van der Waals surface area contributed by atoms with Crippen LogP contribution in [-0.2, 0) is 9.53 Å². The molecule has 5 heteroatoms. The van der Waals surface area contributed by atoms with Crippen LogP contribution in [0.4, 0.5) is 4.79 Å². The number of ether oxygens (including phenoxy) is 1. The molecule has 1 aliphatic heterocycles. The van der Waals surface area contributed by atoms with Crippen LogP contribution in [0.5, 0.6) is 0 Å². The van der Waals surface area contributed by atoms with Crippen molar-refractivity contribution in [1.29, 1.82) is 0 Å². The van der Waals surface area contributed by atoms with E-state index in [4.69, 9.17) is 4.74 Å². The maximum absolute atomic E-state index is 12.5. The predicted molar refractivity (Wildman–Crippen MR) is 79.1 cm³/mol. The molecular weight excluding hydrogens is 270 g/mol. The highest BCUT2D eigenvalue weighted by Crippen LogP contribution is 2.51. The SMILES string of the molecule is CC(C)(C)OC(=O)N1CCCCC1C1(CC(=O)O)CCC1. The zero-order valence-corrected chi connectivity index (χ0v) is 13.4. The molecule has 2 fully saturated rings. The van der Waals surface area contributed by atoms with Crippen molar-refractivity contribution in [2.75, 3.05) is 6.54 Å². The number of nitrogens with zero attached hydrogens (tertiary/aromatic N) is 1. The number of aliphatic carboxylic acids is 1. The van der Waals surface area contributed by atoms with Crippen LogP contribution in [0.2, 0.25) is 0 Å². The molecule has 2 aliphatic rings. The van der Waals surface area contributed by atoms with Gasteiger partial charge >= 0.3 is 12.1 Å². The van der Waals surface area contributed by atoms with Crippen molar-refractivity contribution < 1.29 is 19.4 Å². The molecule has 1 saturated carbocycles. The van der Waals surface area contributed by atoms with Crippen LogP contribution in [0.1, 0.15) is 65.7 Å². The number of carbonyl (C=O) groups is 2. The molecule has 0 spiro atoms. The van der Waals surface area contributed by atoms with Crippen molar-refractivity contribution in [2.45, 2.75) is 77.4 Å². The van der Waals surface area contributed by atoms with Crippen LogP contribution in [0.25, 0.3) is 0 Å². The molecule has 1 atom stereocenters. The first-order chi connectivity index (χ1) is 9.73. The van der Waals surface area contributed by atoms with Crippen LogP contribution in [-0.4, -0.2) is 40.3 Å². The summed E-state index contributed by atoms with van der Waals surface area (Å²) < 4.78 is 5.52. The Hall–Kier alpha value is -1.26. The second-order valence-electron chi connectivity index (χ2n) is 7.47. The van der Waals surface area contributed by atoms with E-state index in [1.165, 1.54) is 0 Å². The molecule has 1 aliphatic carbocycles. The Morgan fingerprint density at radius 1 is 1.24 bits per heavy atom. The average molecular weight is 297 g/mol. The third-order valence-electron chi connectivity index (χ3n) is 4.69. The minimum absolute atomic E-state index is 0.0194. The monoisotopic (exact) mass is 297 g/mol. The predicted octanol–water partition coefficient (Wildman–Crippen LogP) is 3.42. The summed E-state index contributed by atoms with van der Waals surface area (Å²) in [5.74, 6) is -0.760. The van der Waals surface area contributed by atoms with Gasteiger partial charge in [0.25, 0.3) is 0 Å². The van der Waals surface area contributed by atoms with Crippen LogP contribution < -0.4 is 0 Å². The Labute approximate surface area is 126 Å². The number of rotatable bonds is 3. The second-order valence-corrected chi connectivity index (χ2v) is 7.47. The van der Waals surface area contributed by atoms with E-state index in [9.17, 15) is 14.7 Å². The van der Waals surface area contributed by atoms with Gasteiger partial charge in [0.1, 0.15) is 5.60 Å².